The van der Waals surface area contributed by atoms with Crippen LogP contribution < -0.4 is 0 Å². The summed E-state index contributed by atoms with van der Waals surface area (Å²) in [4.78, 5) is 2.61. The summed E-state index contributed by atoms with van der Waals surface area (Å²) in [6.07, 6.45) is 2.03. The van der Waals surface area contributed by atoms with Gasteiger partial charge in [-0.2, -0.15) is 4.80 Å². The van der Waals surface area contributed by atoms with Gasteiger partial charge in [0, 0.05) is 7.11 Å². The van der Waals surface area contributed by atoms with E-state index in [1.165, 1.54) is 0 Å². The van der Waals surface area contributed by atoms with Crippen molar-refractivity contribution in [2.45, 2.75) is 13.5 Å². The van der Waals surface area contributed by atoms with Gasteiger partial charge < -0.3 is 4.74 Å². The predicted molar refractivity (Wildman–Crippen MR) is 66.8 cm³/mol. The van der Waals surface area contributed by atoms with E-state index in [0.717, 1.165) is 10.5 Å². The maximum atomic E-state index is 5.02. The third-order valence-corrected chi connectivity index (χ3v) is 3.04. The normalized spacial score (nSPS) is 12.0. The Labute approximate surface area is 104 Å². The minimum Gasteiger partial charge on any atom is -0.380 e. The van der Waals surface area contributed by atoms with Crippen molar-refractivity contribution in [3.05, 3.63) is 29.2 Å². The molecule has 0 aliphatic carbocycles. The molecule has 2 rings (SSSR count). The van der Waals surface area contributed by atoms with Gasteiger partial charge in [0.25, 0.3) is 0 Å². The first kappa shape index (κ1) is 11.9. The first-order valence-corrected chi connectivity index (χ1v) is 6.14. The van der Waals surface area contributed by atoms with Crippen LogP contribution in [0.3, 0.4) is 0 Å². The standard InChI is InChI=1S/C11H14N4OS/c1-9(8-16-2)5-6-15-13-11(12-14-15)10-4-3-7-17-10/h3-5,7H,6,8H2,1-2H3/b9-5+. The molecule has 0 aliphatic heterocycles. The molecule has 0 aromatic carbocycles. The number of methoxy groups -OCH3 is 1. The molecule has 0 aliphatic rings. The van der Waals surface area contributed by atoms with Crippen LogP contribution in [0.4, 0.5) is 0 Å². The molecule has 0 amide bonds. The summed E-state index contributed by atoms with van der Waals surface area (Å²) in [7, 11) is 1.68. The van der Waals surface area contributed by atoms with Gasteiger partial charge in [0.05, 0.1) is 18.0 Å². The second-order valence-electron chi connectivity index (χ2n) is 3.63. The quantitative estimate of drug-likeness (QED) is 0.762. The number of aromatic nitrogens is 4. The summed E-state index contributed by atoms with van der Waals surface area (Å²) in [5.74, 6) is 0.679. The molecule has 0 bridgehead atoms. The number of hydrogen-bond donors (Lipinski definition) is 0. The largest absolute Gasteiger partial charge is 0.380 e. The summed E-state index contributed by atoms with van der Waals surface area (Å²) in [6.45, 7) is 3.26. The fourth-order valence-corrected chi connectivity index (χ4v) is 2.00. The summed E-state index contributed by atoms with van der Waals surface area (Å²) in [5, 5.41) is 14.3. The molecule has 0 saturated heterocycles. The average Bonchev–Trinajstić information content (AvgIpc) is 2.97. The van der Waals surface area contributed by atoms with Gasteiger partial charge in [-0.25, -0.2) is 0 Å². The Morgan fingerprint density at radius 3 is 3.18 bits per heavy atom. The lowest BCUT2D eigenvalue weighted by atomic mass is 10.3. The molecule has 0 saturated carbocycles. The zero-order valence-corrected chi connectivity index (χ0v) is 10.6. The third-order valence-electron chi connectivity index (χ3n) is 2.17. The Bertz CT molecular complexity index is 489. The number of ether oxygens (including phenoxy) is 1. The SMILES string of the molecule is COC/C(C)=C/Cn1nnc(-c2cccs2)n1. The highest BCUT2D eigenvalue weighted by Gasteiger charge is 2.05. The van der Waals surface area contributed by atoms with Gasteiger partial charge in [0.15, 0.2) is 0 Å². The topological polar surface area (TPSA) is 52.8 Å². The van der Waals surface area contributed by atoms with Crippen molar-refractivity contribution in [2.24, 2.45) is 0 Å². The molecule has 2 aromatic heterocycles. The smallest absolute Gasteiger partial charge is 0.214 e. The van der Waals surface area contributed by atoms with E-state index in [9.17, 15) is 0 Å². The van der Waals surface area contributed by atoms with Crippen molar-refractivity contribution < 1.29 is 4.74 Å². The fourth-order valence-electron chi connectivity index (χ4n) is 1.35. The molecule has 0 N–H and O–H groups in total. The highest BCUT2D eigenvalue weighted by molar-refractivity contribution is 7.13. The van der Waals surface area contributed by atoms with E-state index in [1.807, 2.05) is 30.5 Å². The first-order chi connectivity index (χ1) is 8.29. The average molecular weight is 250 g/mol. The lowest BCUT2D eigenvalue weighted by Crippen LogP contribution is -2.02. The van der Waals surface area contributed by atoms with Gasteiger partial charge in [-0.15, -0.1) is 21.5 Å². The number of thiophene rings is 1. The van der Waals surface area contributed by atoms with Crippen LogP contribution in [0.2, 0.25) is 0 Å². The third kappa shape index (κ3) is 3.21. The molecular weight excluding hydrogens is 236 g/mol. The first-order valence-electron chi connectivity index (χ1n) is 5.26. The Balaban J connectivity index is 2.02. The second kappa shape index (κ2) is 5.70. The van der Waals surface area contributed by atoms with Crippen molar-refractivity contribution in [1.29, 1.82) is 0 Å². The van der Waals surface area contributed by atoms with Crippen LogP contribution in [0.5, 0.6) is 0 Å². The fraction of sp³-hybridized carbons (Fsp3) is 0.364. The van der Waals surface area contributed by atoms with Gasteiger partial charge in [0.1, 0.15) is 0 Å². The molecule has 17 heavy (non-hydrogen) atoms. The maximum absolute atomic E-state index is 5.02. The zero-order chi connectivity index (χ0) is 12.1. The molecule has 90 valence electrons. The molecule has 2 heterocycles. The van der Waals surface area contributed by atoms with Crippen molar-refractivity contribution >= 4 is 11.3 Å². The van der Waals surface area contributed by atoms with Crippen LogP contribution in [-0.4, -0.2) is 33.9 Å². The van der Waals surface area contributed by atoms with Crippen molar-refractivity contribution in [3.8, 4) is 10.7 Å². The molecule has 5 nitrogen and oxygen atoms in total. The Morgan fingerprint density at radius 1 is 1.59 bits per heavy atom. The number of nitrogens with zero attached hydrogens (tertiary/aromatic N) is 4. The van der Waals surface area contributed by atoms with E-state index in [1.54, 1.807) is 23.2 Å². The maximum Gasteiger partial charge on any atom is 0.214 e. The molecule has 0 radical (unpaired) electrons. The molecule has 2 aromatic rings. The summed E-state index contributed by atoms with van der Waals surface area (Å²) < 4.78 is 5.02. The Kier molecular flexibility index (Phi) is 4.00. The highest BCUT2D eigenvalue weighted by Crippen LogP contribution is 2.19. The van der Waals surface area contributed by atoms with E-state index in [-0.39, 0.29) is 0 Å². The molecular formula is C11H14N4OS. The zero-order valence-electron chi connectivity index (χ0n) is 9.83. The lowest BCUT2D eigenvalue weighted by molar-refractivity contribution is 0.225. The Morgan fingerprint density at radius 2 is 2.47 bits per heavy atom. The van der Waals surface area contributed by atoms with Crippen molar-refractivity contribution in [1.82, 2.24) is 20.2 Å². The molecule has 0 fully saturated rings. The summed E-state index contributed by atoms with van der Waals surface area (Å²) in [5.41, 5.74) is 1.16. The number of hydrogen-bond acceptors (Lipinski definition) is 5. The van der Waals surface area contributed by atoms with Crippen LogP contribution in [-0.2, 0) is 11.3 Å². The molecule has 0 unspecified atom stereocenters. The summed E-state index contributed by atoms with van der Waals surface area (Å²) >= 11 is 1.61. The second-order valence-corrected chi connectivity index (χ2v) is 4.58. The van der Waals surface area contributed by atoms with E-state index in [4.69, 9.17) is 4.74 Å². The number of rotatable bonds is 5. The molecule has 0 atom stereocenters. The predicted octanol–water partition coefficient (Wildman–Crippen LogP) is 1.99. The monoisotopic (exact) mass is 250 g/mol. The minimum atomic E-state index is 0.619. The van der Waals surface area contributed by atoms with Gasteiger partial charge >= 0.3 is 0 Å². The van der Waals surface area contributed by atoms with Crippen LogP contribution in [0.1, 0.15) is 6.92 Å². The number of tetrazole rings is 1. The minimum absolute atomic E-state index is 0.619. The lowest BCUT2D eigenvalue weighted by Gasteiger charge is -1.98. The van der Waals surface area contributed by atoms with Gasteiger partial charge in [-0.05, 0) is 29.2 Å². The Hall–Kier alpha value is -1.53. The molecule has 6 heteroatoms. The van der Waals surface area contributed by atoms with Gasteiger partial charge in [-0.1, -0.05) is 12.1 Å². The van der Waals surface area contributed by atoms with Gasteiger partial charge in [0.2, 0.25) is 5.82 Å². The van der Waals surface area contributed by atoms with Crippen molar-refractivity contribution in [3.63, 3.8) is 0 Å². The number of allylic oxidation sites excluding steroid dienone is 1. The van der Waals surface area contributed by atoms with Crippen molar-refractivity contribution in [2.75, 3.05) is 13.7 Å². The van der Waals surface area contributed by atoms with Crippen LogP contribution in [0, 0.1) is 0 Å². The van der Waals surface area contributed by atoms with Gasteiger partial charge in [-0.3, -0.25) is 0 Å². The van der Waals surface area contributed by atoms with Crippen LogP contribution in [0.25, 0.3) is 10.7 Å². The van der Waals surface area contributed by atoms with E-state index in [2.05, 4.69) is 15.4 Å². The summed E-state index contributed by atoms with van der Waals surface area (Å²) in [6, 6.07) is 3.96. The van der Waals surface area contributed by atoms with E-state index in [0.29, 0.717) is 19.0 Å². The van der Waals surface area contributed by atoms with E-state index < -0.39 is 0 Å². The van der Waals surface area contributed by atoms with Crippen LogP contribution in [0.15, 0.2) is 29.2 Å². The molecule has 0 spiro atoms. The van der Waals surface area contributed by atoms with E-state index >= 15 is 0 Å². The van der Waals surface area contributed by atoms with Crippen LogP contribution >= 0.6 is 11.3 Å². The highest BCUT2D eigenvalue weighted by atomic mass is 32.1.